The lowest BCUT2D eigenvalue weighted by Gasteiger charge is -2.02. The molecular formula is C14H14N2OS. The van der Waals surface area contributed by atoms with E-state index in [0.717, 1.165) is 28.7 Å². The Morgan fingerprint density at radius 3 is 2.33 bits per heavy atom. The summed E-state index contributed by atoms with van der Waals surface area (Å²) >= 11 is 1.11. The Kier molecular flexibility index (Phi) is 4.10. The Bertz CT molecular complexity index is 535. The minimum absolute atomic E-state index is 0.0613. The fraction of sp³-hybridized carbons (Fsp3) is 0.214. The maximum Gasteiger partial charge on any atom is 0.201 e. The molecule has 4 heteroatoms. The first kappa shape index (κ1) is 12.8. The third-order valence-corrected chi connectivity index (χ3v) is 3.10. The number of aromatic nitrogens is 2. The highest BCUT2D eigenvalue weighted by Crippen LogP contribution is 2.17. The molecule has 0 bridgehead atoms. The normalized spacial score (nSPS) is 10.3. The van der Waals surface area contributed by atoms with Crippen LogP contribution in [0.4, 0.5) is 0 Å². The van der Waals surface area contributed by atoms with E-state index >= 15 is 0 Å². The Balaban J connectivity index is 2.03. The van der Waals surface area contributed by atoms with E-state index < -0.39 is 0 Å². The van der Waals surface area contributed by atoms with E-state index in [-0.39, 0.29) is 5.12 Å². The first-order valence-electron chi connectivity index (χ1n) is 5.70. The summed E-state index contributed by atoms with van der Waals surface area (Å²) in [6.45, 7) is 3.81. The maximum atomic E-state index is 11.9. The van der Waals surface area contributed by atoms with Crippen molar-refractivity contribution >= 4 is 16.9 Å². The first-order valence-corrected chi connectivity index (χ1v) is 6.52. The van der Waals surface area contributed by atoms with Gasteiger partial charge in [0.1, 0.15) is 0 Å². The second-order valence-corrected chi connectivity index (χ2v) is 5.09. The molecular weight excluding hydrogens is 244 g/mol. The van der Waals surface area contributed by atoms with Crippen molar-refractivity contribution in [3.63, 3.8) is 0 Å². The molecule has 1 aromatic carbocycles. The number of benzene rings is 1. The number of aryl methyl sites for hydroxylation is 2. The van der Waals surface area contributed by atoms with E-state index in [1.54, 1.807) is 0 Å². The number of carbonyl (C=O) groups excluding carboxylic acids is 1. The largest absolute Gasteiger partial charge is 0.286 e. The fourth-order valence-electron chi connectivity index (χ4n) is 1.64. The summed E-state index contributed by atoms with van der Waals surface area (Å²) in [7, 11) is 0. The molecule has 0 N–H and O–H groups in total. The zero-order valence-electron chi connectivity index (χ0n) is 10.4. The molecule has 0 atom stereocenters. The number of thioether (sulfide) groups is 1. The van der Waals surface area contributed by atoms with Crippen molar-refractivity contribution in [3.8, 4) is 0 Å². The van der Waals surface area contributed by atoms with Gasteiger partial charge in [0.2, 0.25) is 5.12 Å². The molecule has 0 radical (unpaired) electrons. The lowest BCUT2D eigenvalue weighted by molar-refractivity contribution is -0.110. The summed E-state index contributed by atoms with van der Waals surface area (Å²) in [5, 5.41) is 0.597. The van der Waals surface area contributed by atoms with E-state index in [2.05, 4.69) is 9.97 Å². The number of carbonyl (C=O) groups is 1. The molecule has 1 aromatic heterocycles. The summed E-state index contributed by atoms with van der Waals surface area (Å²) in [6, 6.07) is 11.6. The second-order valence-electron chi connectivity index (χ2n) is 4.07. The molecule has 0 fully saturated rings. The average Bonchev–Trinajstić information content (AvgIpc) is 2.28. The van der Waals surface area contributed by atoms with Gasteiger partial charge in [-0.25, -0.2) is 9.97 Å². The highest BCUT2D eigenvalue weighted by atomic mass is 32.2. The zero-order valence-corrected chi connectivity index (χ0v) is 11.2. The van der Waals surface area contributed by atoms with Gasteiger partial charge in [0.25, 0.3) is 0 Å². The van der Waals surface area contributed by atoms with Crippen LogP contribution >= 0.6 is 11.8 Å². The van der Waals surface area contributed by atoms with Gasteiger partial charge in [-0.1, -0.05) is 30.3 Å². The summed E-state index contributed by atoms with van der Waals surface area (Å²) in [5.41, 5.74) is 2.79. The predicted molar refractivity (Wildman–Crippen MR) is 72.5 cm³/mol. The fourth-order valence-corrected chi connectivity index (χ4v) is 2.46. The third-order valence-electron chi connectivity index (χ3n) is 2.36. The van der Waals surface area contributed by atoms with Gasteiger partial charge in [0.15, 0.2) is 5.16 Å². The van der Waals surface area contributed by atoms with Crippen LogP contribution in [0.2, 0.25) is 0 Å². The van der Waals surface area contributed by atoms with Crippen LogP contribution in [-0.4, -0.2) is 15.1 Å². The van der Waals surface area contributed by atoms with Gasteiger partial charge >= 0.3 is 0 Å². The van der Waals surface area contributed by atoms with Crippen LogP contribution in [0.5, 0.6) is 0 Å². The van der Waals surface area contributed by atoms with Crippen LogP contribution < -0.4 is 0 Å². The second kappa shape index (κ2) is 5.78. The Morgan fingerprint density at radius 2 is 1.72 bits per heavy atom. The lowest BCUT2D eigenvalue weighted by atomic mass is 10.2. The van der Waals surface area contributed by atoms with E-state index in [9.17, 15) is 4.79 Å². The minimum atomic E-state index is 0.0613. The average molecular weight is 258 g/mol. The predicted octanol–water partition coefficient (Wildman–Crippen LogP) is 2.95. The molecule has 2 aromatic rings. The molecule has 0 spiro atoms. The van der Waals surface area contributed by atoms with Crippen LogP contribution in [-0.2, 0) is 11.2 Å². The molecule has 0 amide bonds. The quantitative estimate of drug-likeness (QED) is 0.627. The Labute approximate surface area is 111 Å². The smallest absolute Gasteiger partial charge is 0.201 e. The maximum absolute atomic E-state index is 11.9. The summed E-state index contributed by atoms with van der Waals surface area (Å²) in [5.74, 6) is 0. The molecule has 0 aliphatic rings. The van der Waals surface area contributed by atoms with Gasteiger partial charge in [0, 0.05) is 17.8 Å². The van der Waals surface area contributed by atoms with E-state index in [1.165, 1.54) is 0 Å². The summed E-state index contributed by atoms with van der Waals surface area (Å²) < 4.78 is 0. The molecule has 0 aliphatic heterocycles. The highest BCUT2D eigenvalue weighted by Gasteiger charge is 2.09. The van der Waals surface area contributed by atoms with Crippen LogP contribution in [0.25, 0.3) is 0 Å². The topological polar surface area (TPSA) is 42.9 Å². The van der Waals surface area contributed by atoms with Crippen molar-refractivity contribution < 1.29 is 4.79 Å². The first-order chi connectivity index (χ1) is 8.63. The molecule has 2 rings (SSSR count). The van der Waals surface area contributed by atoms with Crippen molar-refractivity contribution in [2.24, 2.45) is 0 Å². The molecule has 0 aliphatic carbocycles. The molecule has 0 unspecified atom stereocenters. The summed E-state index contributed by atoms with van der Waals surface area (Å²) in [4.78, 5) is 20.4. The summed E-state index contributed by atoms with van der Waals surface area (Å²) in [6.07, 6.45) is 0.405. The van der Waals surface area contributed by atoms with Crippen molar-refractivity contribution in [2.45, 2.75) is 25.4 Å². The molecule has 3 nitrogen and oxygen atoms in total. The van der Waals surface area contributed by atoms with Gasteiger partial charge in [-0.3, -0.25) is 4.79 Å². The van der Waals surface area contributed by atoms with Gasteiger partial charge in [0.05, 0.1) is 0 Å². The minimum Gasteiger partial charge on any atom is -0.286 e. The van der Waals surface area contributed by atoms with Gasteiger partial charge in [-0.15, -0.1) is 0 Å². The van der Waals surface area contributed by atoms with Crippen molar-refractivity contribution in [1.29, 1.82) is 0 Å². The molecule has 1 heterocycles. The van der Waals surface area contributed by atoms with E-state index in [4.69, 9.17) is 0 Å². The lowest BCUT2D eigenvalue weighted by Crippen LogP contribution is -2.00. The van der Waals surface area contributed by atoms with Crippen LogP contribution in [0.1, 0.15) is 17.0 Å². The van der Waals surface area contributed by atoms with E-state index in [0.29, 0.717) is 11.6 Å². The van der Waals surface area contributed by atoms with Gasteiger partial charge in [-0.05, 0) is 37.2 Å². The number of nitrogens with zero attached hydrogens (tertiary/aromatic N) is 2. The van der Waals surface area contributed by atoms with Gasteiger partial charge in [-0.2, -0.15) is 0 Å². The van der Waals surface area contributed by atoms with Crippen molar-refractivity contribution in [1.82, 2.24) is 9.97 Å². The Morgan fingerprint density at radius 1 is 1.11 bits per heavy atom. The van der Waals surface area contributed by atoms with Crippen molar-refractivity contribution in [2.75, 3.05) is 0 Å². The number of hydrogen-bond donors (Lipinski definition) is 0. The molecule has 0 saturated heterocycles. The molecule has 18 heavy (non-hydrogen) atoms. The van der Waals surface area contributed by atoms with Crippen LogP contribution in [0, 0.1) is 13.8 Å². The standard InChI is InChI=1S/C14H14N2OS/c1-10-8-11(2)16-14(15-10)18-13(17)9-12-6-4-3-5-7-12/h3-8H,9H2,1-2H3. The van der Waals surface area contributed by atoms with Crippen molar-refractivity contribution in [3.05, 3.63) is 53.3 Å². The third kappa shape index (κ3) is 3.67. The number of hydrogen-bond acceptors (Lipinski definition) is 4. The monoisotopic (exact) mass is 258 g/mol. The SMILES string of the molecule is Cc1cc(C)nc(SC(=O)Cc2ccccc2)n1. The Hall–Kier alpha value is -1.68. The number of rotatable bonds is 3. The molecule has 0 saturated carbocycles. The van der Waals surface area contributed by atoms with Gasteiger partial charge < -0.3 is 0 Å². The van der Waals surface area contributed by atoms with E-state index in [1.807, 2.05) is 50.2 Å². The molecule has 92 valence electrons. The zero-order chi connectivity index (χ0) is 13.0. The van der Waals surface area contributed by atoms with Crippen LogP contribution in [0.3, 0.4) is 0 Å². The highest BCUT2D eigenvalue weighted by molar-refractivity contribution is 8.13. The van der Waals surface area contributed by atoms with Crippen LogP contribution in [0.15, 0.2) is 41.6 Å².